The van der Waals surface area contributed by atoms with E-state index in [1.54, 1.807) is 0 Å². The second-order valence-corrected chi connectivity index (χ2v) is 8.33. The Morgan fingerprint density at radius 3 is 2.03 bits per heavy atom. The first kappa shape index (κ1) is 24.9. The van der Waals surface area contributed by atoms with Crippen LogP contribution in [0, 0.1) is 29.2 Å². The molecule has 0 aliphatic heterocycles. The van der Waals surface area contributed by atoms with Crippen molar-refractivity contribution in [3.8, 4) is 5.75 Å². The zero-order valence-corrected chi connectivity index (χ0v) is 18.3. The first-order valence-electron chi connectivity index (χ1n) is 11.1. The molecule has 7 heteroatoms. The van der Waals surface area contributed by atoms with E-state index in [0.29, 0.717) is 23.8 Å². The Morgan fingerprint density at radius 1 is 0.879 bits per heavy atom. The molecule has 1 aliphatic rings. The lowest BCUT2D eigenvalue weighted by Crippen LogP contribution is -2.13. The van der Waals surface area contributed by atoms with Crippen molar-refractivity contribution in [2.45, 2.75) is 57.8 Å². The van der Waals surface area contributed by atoms with Gasteiger partial charge in [-0.05, 0) is 79.0 Å². The fraction of sp³-hybridized carbons (Fsp3) is 0.385. The highest BCUT2D eigenvalue weighted by Gasteiger charge is 2.23. The van der Waals surface area contributed by atoms with Crippen LogP contribution in [0.3, 0.4) is 0 Å². The van der Waals surface area contributed by atoms with Gasteiger partial charge in [0.2, 0.25) is 0 Å². The van der Waals surface area contributed by atoms with Gasteiger partial charge in [-0.1, -0.05) is 25.8 Å². The van der Waals surface area contributed by atoms with Gasteiger partial charge in [0.05, 0.1) is 6.26 Å². The van der Waals surface area contributed by atoms with Gasteiger partial charge >= 0.3 is 0 Å². The molecule has 0 amide bonds. The van der Waals surface area contributed by atoms with E-state index in [4.69, 9.17) is 0 Å². The van der Waals surface area contributed by atoms with E-state index < -0.39 is 35.4 Å². The zero-order chi connectivity index (χ0) is 24.0. The third-order valence-corrected chi connectivity index (χ3v) is 5.99. The molecule has 2 aromatic rings. The van der Waals surface area contributed by atoms with Crippen LogP contribution >= 0.6 is 0 Å². The number of hydrogen-bond acceptors (Lipinski definition) is 1. The molecule has 0 saturated heterocycles. The third kappa shape index (κ3) is 6.65. The molecule has 0 heterocycles. The van der Waals surface area contributed by atoms with Gasteiger partial charge in [-0.2, -0.15) is 0 Å². The van der Waals surface area contributed by atoms with Crippen molar-refractivity contribution in [2.75, 3.05) is 0 Å². The summed E-state index contributed by atoms with van der Waals surface area (Å²) in [6, 6.07) is 4.43. The highest BCUT2D eigenvalue weighted by molar-refractivity contribution is 5.70. The van der Waals surface area contributed by atoms with Gasteiger partial charge in [0.15, 0.2) is 17.4 Å². The average molecular weight is 468 g/mol. The Morgan fingerprint density at radius 2 is 1.48 bits per heavy atom. The van der Waals surface area contributed by atoms with E-state index in [0.717, 1.165) is 50.3 Å². The maximum Gasteiger partial charge on any atom is 0.260 e. The quantitative estimate of drug-likeness (QED) is 0.214. The second-order valence-electron chi connectivity index (χ2n) is 8.33. The predicted molar refractivity (Wildman–Crippen MR) is 117 cm³/mol. The van der Waals surface area contributed by atoms with Crippen LogP contribution in [-0.2, 0) is 0 Å². The number of alkyl halides is 2. The van der Waals surface area contributed by atoms with Gasteiger partial charge < -0.3 is 4.74 Å². The normalized spacial score (nSPS) is 19.2. The number of benzene rings is 2. The molecule has 0 bridgehead atoms. The van der Waals surface area contributed by atoms with E-state index >= 15 is 0 Å². The molecule has 1 fully saturated rings. The van der Waals surface area contributed by atoms with Gasteiger partial charge in [0, 0.05) is 11.6 Å². The van der Waals surface area contributed by atoms with Gasteiger partial charge in [-0.15, -0.1) is 0 Å². The third-order valence-electron chi connectivity index (χ3n) is 5.99. The molecule has 2 aromatic carbocycles. The Balaban J connectivity index is 1.74. The summed E-state index contributed by atoms with van der Waals surface area (Å²) in [5.41, 5.74) is 0.319. The molecular weight excluding hydrogens is 442 g/mol. The van der Waals surface area contributed by atoms with Crippen LogP contribution in [0.5, 0.6) is 5.75 Å². The zero-order valence-electron chi connectivity index (χ0n) is 18.3. The van der Waals surface area contributed by atoms with E-state index in [9.17, 15) is 26.3 Å². The summed E-state index contributed by atoms with van der Waals surface area (Å²) in [5.74, 6) is -3.80. The summed E-state index contributed by atoms with van der Waals surface area (Å²) in [5, 5.41) is 0. The first-order chi connectivity index (χ1) is 15.8. The molecule has 33 heavy (non-hydrogen) atoms. The molecule has 0 unspecified atom stereocenters. The lowest BCUT2D eigenvalue weighted by molar-refractivity contribution is 0.200. The summed E-state index contributed by atoms with van der Waals surface area (Å²) in [6.07, 6.45) is 6.50. The van der Waals surface area contributed by atoms with Crippen molar-refractivity contribution in [1.82, 2.24) is 0 Å². The molecule has 1 nitrogen and oxygen atoms in total. The summed E-state index contributed by atoms with van der Waals surface area (Å²) < 4.78 is 86.2. The molecule has 3 rings (SSSR count). The Kier molecular flexibility index (Phi) is 8.64. The number of rotatable bonds is 8. The highest BCUT2D eigenvalue weighted by atomic mass is 19.3. The van der Waals surface area contributed by atoms with Crippen LogP contribution < -0.4 is 4.74 Å². The largest absolute Gasteiger partial charge is 0.459 e. The predicted octanol–water partition coefficient (Wildman–Crippen LogP) is 8.64. The van der Waals surface area contributed by atoms with Crippen molar-refractivity contribution in [3.05, 3.63) is 76.6 Å². The average Bonchev–Trinajstić information content (AvgIpc) is 2.75. The number of halogens is 6. The van der Waals surface area contributed by atoms with E-state index in [2.05, 4.69) is 11.7 Å². The lowest BCUT2D eigenvalue weighted by Gasteiger charge is -2.28. The van der Waals surface area contributed by atoms with Crippen LogP contribution in [0.1, 0.15) is 68.1 Å². The maximum atomic E-state index is 14.7. The fourth-order valence-electron chi connectivity index (χ4n) is 4.33. The van der Waals surface area contributed by atoms with Gasteiger partial charge in [0.1, 0.15) is 11.6 Å². The Hall–Kier alpha value is -2.70. The molecule has 0 spiro atoms. The van der Waals surface area contributed by atoms with Crippen LogP contribution in [0.2, 0.25) is 0 Å². The summed E-state index contributed by atoms with van der Waals surface area (Å²) in [6.45, 7) is 2.16. The Bertz CT molecular complexity index is 960. The monoisotopic (exact) mass is 468 g/mol. The molecule has 0 atom stereocenters. The van der Waals surface area contributed by atoms with Crippen LogP contribution in [0.15, 0.2) is 36.6 Å². The maximum absolute atomic E-state index is 14.7. The topological polar surface area (TPSA) is 9.23 Å². The minimum Gasteiger partial charge on any atom is -0.459 e. The molecule has 1 saturated carbocycles. The van der Waals surface area contributed by atoms with Crippen LogP contribution in [0.4, 0.5) is 26.3 Å². The minimum atomic E-state index is -2.83. The van der Waals surface area contributed by atoms with Crippen molar-refractivity contribution in [2.24, 2.45) is 5.92 Å². The van der Waals surface area contributed by atoms with Crippen molar-refractivity contribution >= 4 is 12.2 Å². The van der Waals surface area contributed by atoms with E-state index in [-0.39, 0.29) is 17.0 Å². The van der Waals surface area contributed by atoms with Crippen molar-refractivity contribution in [1.29, 1.82) is 0 Å². The lowest BCUT2D eigenvalue weighted by atomic mass is 9.77. The highest BCUT2D eigenvalue weighted by Crippen LogP contribution is 2.38. The van der Waals surface area contributed by atoms with Crippen molar-refractivity contribution in [3.63, 3.8) is 0 Å². The summed E-state index contributed by atoms with van der Waals surface area (Å²) >= 11 is 0. The standard InChI is InChI=1S/C26H26F6O/c1-2-3-16-4-7-18(8-5-16)19-14-21(27)20(22(28)15-19)9-6-17-12-23(29)26(24(30)13-17)33-11-10-25(31)32/h6,9-16,18,25H,2-5,7-8H2,1H3/b9-6+,11-10+. The van der Waals surface area contributed by atoms with E-state index in [1.807, 2.05) is 0 Å². The Labute approximate surface area is 189 Å². The SMILES string of the molecule is CCCC1CCC(c2cc(F)c(/C=C/c3cc(F)c(O/C=C/C(F)F)c(F)c3)c(F)c2)CC1. The molecule has 0 aromatic heterocycles. The molecule has 1 aliphatic carbocycles. The molecule has 0 N–H and O–H groups in total. The molecule has 0 radical (unpaired) electrons. The van der Waals surface area contributed by atoms with Gasteiger partial charge in [-0.3, -0.25) is 0 Å². The fourth-order valence-corrected chi connectivity index (χ4v) is 4.33. The molecular formula is C26H26F6O. The second kappa shape index (κ2) is 11.4. The van der Waals surface area contributed by atoms with Crippen LogP contribution in [0.25, 0.3) is 12.2 Å². The number of ether oxygens (including phenoxy) is 1. The number of allylic oxidation sites excluding steroid dienone is 1. The minimum absolute atomic E-state index is 0.00712. The summed E-state index contributed by atoms with van der Waals surface area (Å²) in [7, 11) is 0. The summed E-state index contributed by atoms with van der Waals surface area (Å²) in [4.78, 5) is 0. The van der Waals surface area contributed by atoms with E-state index in [1.165, 1.54) is 24.6 Å². The van der Waals surface area contributed by atoms with Crippen LogP contribution in [-0.4, -0.2) is 6.43 Å². The smallest absolute Gasteiger partial charge is 0.260 e. The van der Waals surface area contributed by atoms with Crippen molar-refractivity contribution < 1.29 is 31.1 Å². The number of hydrogen-bond donors (Lipinski definition) is 0. The first-order valence-corrected chi connectivity index (χ1v) is 11.1. The van der Waals surface area contributed by atoms with Gasteiger partial charge in [0.25, 0.3) is 6.43 Å². The van der Waals surface area contributed by atoms with Gasteiger partial charge in [-0.25, -0.2) is 26.3 Å². The molecule has 178 valence electrons.